The predicted molar refractivity (Wildman–Crippen MR) is 151 cm³/mol. The maximum absolute atomic E-state index is 11.6. The zero-order chi connectivity index (χ0) is 29.2. The number of rotatable bonds is 26. The molecule has 39 heavy (non-hydrogen) atoms. The van der Waals surface area contributed by atoms with Crippen LogP contribution in [0.2, 0.25) is 0 Å². The molecule has 0 atom stereocenters. The van der Waals surface area contributed by atoms with Gasteiger partial charge in [0.15, 0.2) is 0 Å². The lowest BCUT2D eigenvalue weighted by Gasteiger charge is -2.22. The number of ether oxygens (including phenoxy) is 3. The second-order valence-electron chi connectivity index (χ2n) is 11.4. The normalized spacial score (nSPS) is 11.8. The average molecular weight is 563 g/mol. The first kappa shape index (κ1) is 37.4. The molecule has 0 saturated heterocycles. The molecule has 0 bridgehead atoms. The third-order valence-corrected chi connectivity index (χ3v) is 6.24. The summed E-state index contributed by atoms with van der Waals surface area (Å²) in [6, 6.07) is 0. The molecule has 0 aliphatic rings. The topological polar surface area (TPSA) is 98.8 Å². The van der Waals surface area contributed by atoms with Crippen LogP contribution in [0.4, 0.5) is 9.59 Å². The third kappa shape index (κ3) is 26.4. The Morgan fingerprint density at radius 2 is 0.846 bits per heavy atom. The SMILES string of the molecule is CCCCCC(C)(C)OOC(=O)OCCCCCCOCCCCCCOC(=O)OOC(C)(C)CCCCC. The lowest BCUT2D eigenvalue weighted by molar-refractivity contribution is -0.318. The smallest absolute Gasteiger partial charge is 0.432 e. The van der Waals surface area contributed by atoms with Gasteiger partial charge < -0.3 is 14.2 Å². The van der Waals surface area contributed by atoms with Crippen LogP contribution < -0.4 is 0 Å². The minimum absolute atomic E-state index is 0.324. The van der Waals surface area contributed by atoms with Crippen LogP contribution in [0.3, 0.4) is 0 Å². The molecule has 0 aromatic heterocycles. The Morgan fingerprint density at radius 3 is 1.21 bits per heavy atom. The minimum atomic E-state index is -0.778. The maximum atomic E-state index is 11.6. The fraction of sp³-hybridized carbons (Fsp3) is 0.933. The standard InChI is InChI=1S/C30H58O9/c1-7-9-15-21-29(3,4)38-36-27(31)34-25-19-13-11-17-23-33-24-18-12-14-20-26-35-28(32)37-39-30(5,6)22-16-10-8-2/h7-26H2,1-6H3. The molecular formula is C30H58O9. The van der Waals surface area contributed by atoms with Gasteiger partial charge in [-0.1, -0.05) is 65.2 Å². The zero-order valence-electron chi connectivity index (χ0n) is 25.8. The monoisotopic (exact) mass is 562 g/mol. The predicted octanol–water partition coefficient (Wildman–Crippen LogP) is 9.01. The van der Waals surface area contributed by atoms with E-state index in [-0.39, 0.29) is 0 Å². The minimum Gasteiger partial charge on any atom is -0.432 e. The number of carbonyl (C=O) groups excluding carboxylic acids is 2. The van der Waals surface area contributed by atoms with Gasteiger partial charge in [0, 0.05) is 13.2 Å². The summed E-state index contributed by atoms with van der Waals surface area (Å²) in [7, 11) is 0. The zero-order valence-corrected chi connectivity index (χ0v) is 25.8. The van der Waals surface area contributed by atoms with Gasteiger partial charge in [0.2, 0.25) is 0 Å². The Bertz CT molecular complexity index is 543. The Hall–Kier alpha value is -1.58. The maximum Gasteiger partial charge on any atom is 0.540 e. The Morgan fingerprint density at radius 1 is 0.487 bits per heavy atom. The summed E-state index contributed by atoms with van der Waals surface area (Å²) in [6.45, 7) is 14.0. The van der Waals surface area contributed by atoms with E-state index < -0.39 is 23.5 Å². The van der Waals surface area contributed by atoms with Crippen molar-refractivity contribution in [2.75, 3.05) is 26.4 Å². The molecule has 0 saturated carbocycles. The average Bonchev–Trinajstić information content (AvgIpc) is 2.89. The lowest BCUT2D eigenvalue weighted by atomic mass is 10.0. The van der Waals surface area contributed by atoms with Crippen molar-refractivity contribution >= 4 is 12.3 Å². The van der Waals surface area contributed by atoms with Gasteiger partial charge in [0.1, 0.15) is 11.2 Å². The van der Waals surface area contributed by atoms with Crippen molar-refractivity contribution in [3.05, 3.63) is 0 Å². The van der Waals surface area contributed by atoms with Crippen LogP contribution in [0.5, 0.6) is 0 Å². The first-order chi connectivity index (χ1) is 18.6. The van der Waals surface area contributed by atoms with E-state index in [1.54, 1.807) is 0 Å². The molecular weight excluding hydrogens is 504 g/mol. The van der Waals surface area contributed by atoms with E-state index in [1.807, 2.05) is 27.7 Å². The molecule has 9 heteroatoms. The van der Waals surface area contributed by atoms with Crippen LogP contribution in [0.25, 0.3) is 0 Å². The summed E-state index contributed by atoms with van der Waals surface area (Å²) in [4.78, 5) is 43.3. The first-order valence-electron chi connectivity index (χ1n) is 15.2. The number of hydrogen-bond acceptors (Lipinski definition) is 9. The third-order valence-electron chi connectivity index (χ3n) is 6.24. The fourth-order valence-corrected chi connectivity index (χ4v) is 3.76. The van der Waals surface area contributed by atoms with Crippen molar-refractivity contribution in [1.82, 2.24) is 0 Å². The van der Waals surface area contributed by atoms with E-state index in [9.17, 15) is 9.59 Å². The molecule has 0 fully saturated rings. The van der Waals surface area contributed by atoms with Crippen molar-refractivity contribution in [3.8, 4) is 0 Å². The van der Waals surface area contributed by atoms with Gasteiger partial charge in [0.25, 0.3) is 0 Å². The van der Waals surface area contributed by atoms with Crippen molar-refractivity contribution in [3.63, 3.8) is 0 Å². The second kappa shape index (κ2) is 24.2. The Balaban J connectivity index is 3.44. The molecule has 0 amide bonds. The van der Waals surface area contributed by atoms with E-state index >= 15 is 0 Å². The fourth-order valence-electron chi connectivity index (χ4n) is 3.76. The van der Waals surface area contributed by atoms with Crippen LogP contribution in [-0.2, 0) is 33.8 Å². The van der Waals surface area contributed by atoms with Crippen LogP contribution in [0.1, 0.15) is 144 Å². The molecule has 0 aliphatic carbocycles. The number of unbranched alkanes of at least 4 members (excludes halogenated alkanes) is 10. The molecule has 0 radical (unpaired) electrons. The van der Waals surface area contributed by atoms with Crippen LogP contribution in [-0.4, -0.2) is 49.9 Å². The van der Waals surface area contributed by atoms with E-state index in [0.717, 1.165) is 116 Å². The van der Waals surface area contributed by atoms with E-state index in [2.05, 4.69) is 13.8 Å². The van der Waals surface area contributed by atoms with E-state index in [1.165, 1.54) is 0 Å². The molecule has 0 rings (SSSR count). The van der Waals surface area contributed by atoms with Crippen LogP contribution in [0, 0.1) is 0 Å². The van der Waals surface area contributed by atoms with Gasteiger partial charge in [0.05, 0.1) is 13.2 Å². The van der Waals surface area contributed by atoms with Crippen LogP contribution in [0.15, 0.2) is 0 Å². The first-order valence-corrected chi connectivity index (χ1v) is 15.2. The molecule has 0 heterocycles. The number of carbonyl (C=O) groups is 2. The van der Waals surface area contributed by atoms with Gasteiger partial charge in [-0.15, -0.1) is 0 Å². The van der Waals surface area contributed by atoms with Gasteiger partial charge in [-0.3, -0.25) is 9.78 Å². The highest BCUT2D eigenvalue weighted by Crippen LogP contribution is 2.20. The molecule has 0 unspecified atom stereocenters. The molecule has 232 valence electrons. The Kier molecular flexibility index (Phi) is 23.3. The molecule has 9 nitrogen and oxygen atoms in total. The highest BCUT2D eigenvalue weighted by Gasteiger charge is 2.23. The van der Waals surface area contributed by atoms with Crippen LogP contribution >= 0.6 is 0 Å². The summed E-state index contributed by atoms with van der Waals surface area (Å²) >= 11 is 0. The van der Waals surface area contributed by atoms with Crippen molar-refractivity contribution in [1.29, 1.82) is 0 Å². The molecule has 0 aromatic rings. The molecule has 0 spiro atoms. The largest absolute Gasteiger partial charge is 0.540 e. The summed E-state index contributed by atoms with van der Waals surface area (Å²) in [6.07, 6.45) is 14.2. The highest BCUT2D eigenvalue weighted by molar-refractivity contribution is 5.59. The molecule has 0 N–H and O–H groups in total. The van der Waals surface area contributed by atoms with Crippen molar-refractivity contribution in [2.24, 2.45) is 0 Å². The van der Waals surface area contributed by atoms with Gasteiger partial charge in [-0.2, -0.15) is 9.78 Å². The van der Waals surface area contributed by atoms with Crippen molar-refractivity contribution in [2.45, 2.75) is 155 Å². The van der Waals surface area contributed by atoms with Crippen molar-refractivity contribution < 1.29 is 43.3 Å². The summed E-state index contributed by atoms with van der Waals surface area (Å²) in [5, 5.41) is 0. The van der Waals surface area contributed by atoms with E-state index in [0.29, 0.717) is 13.2 Å². The quantitative estimate of drug-likeness (QED) is 0.0442. The summed E-state index contributed by atoms with van der Waals surface area (Å²) < 4.78 is 15.8. The summed E-state index contributed by atoms with van der Waals surface area (Å²) in [5.41, 5.74) is -1.00. The number of hydrogen-bond donors (Lipinski definition) is 0. The second-order valence-corrected chi connectivity index (χ2v) is 11.4. The van der Waals surface area contributed by atoms with Gasteiger partial charge in [-0.25, -0.2) is 9.59 Å². The van der Waals surface area contributed by atoms with Gasteiger partial charge in [-0.05, 0) is 79.1 Å². The lowest BCUT2D eigenvalue weighted by Crippen LogP contribution is -2.26. The Labute approximate surface area is 237 Å². The molecule has 0 aromatic carbocycles. The highest BCUT2D eigenvalue weighted by atomic mass is 17.2. The van der Waals surface area contributed by atoms with Gasteiger partial charge >= 0.3 is 12.3 Å². The summed E-state index contributed by atoms with van der Waals surface area (Å²) in [5.74, 6) is 0. The van der Waals surface area contributed by atoms with E-state index in [4.69, 9.17) is 33.8 Å². The molecule has 0 aliphatic heterocycles.